The Morgan fingerprint density at radius 1 is 1.03 bits per heavy atom. The van der Waals surface area contributed by atoms with Crippen LogP contribution in [0.4, 0.5) is 10.6 Å². The van der Waals surface area contributed by atoms with Gasteiger partial charge in [0, 0.05) is 41.0 Å². The van der Waals surface area contributed by atoms with E-state index in [1.807, 2.05) is 45.2 Å². The van der Waals surface area contributed by atoms with E-state index in [1.54, 1.807) is 17.0 Å². The lowest BCUT2D eigenvalue weighted by Crippen LogP contribution is -2.35. The summed E-state index contributed by atoms with van der Waals surface area (Å²) in [6, 6.07) is 10.1. The highest BCUT2D eigenvalue weighted by Gasteiger charge is 2.23. The predicted octanol–water partition coefficient (Wildman–Crippen LogP) is 4.27. The molecule has 0 unspecified atom stereocenters. The summed E-state index contributed by atoms with van der Waals surface area (Å²) >= 11 is 0. The van der Waals surface area contributed by atoms with Crippen LogP contribution in [-0.2, 0) is 15.7 Å². The molecular weight excluding hydrogens is 468 g/mol. The van der Waals surface area contributed by atoms with Gasteiger partial charge < -0.3 is 9.29 Å². The summed E-state index contributed by atoms with van der Waals surface area (Å²) in [4.78, 5) is 22.1. The minimum absolute atomic E-state index is 0.397. The number of ether oxygens (including phenoxy) is 1. The Balaban J connectivity index is 0.000000795. The Kier molecular flexibility index (Phi) is 7.30. The first kappa shape index (κ1) is 26.3. The lowest BCUT2D eigenvalue weighted by molar-refractivity contribution is 0.0551. The maximum Gasteiger partial charge on any atom is 0.419 e. The monoisotopic (exact) mass is 498 g/mol. The van der Waals surface area contributed by atoms with Gasteiger partial charge in [-0.2, -0.15) is 0 Å². The van der Waals surface area contributed by atoms with Gasteiger partial charge in [0.2, 0.25) is 5.82 Å². The first-order chi connectivity index (χ1) is 16.2. The Morgan fingerprint density at radius 3 is 2.26 bits per heavy atom. The molecule has 0 fully saturated rings. The largest absolute Gasteiger partial charge is 0.750 e. The summed E-state index contributed by atoms with van der Waals surface area (Å²) in [5.41, 5.74) is 4.17. The fourth-order valence-electron chi connectivity index (χ4n) is 3.75. The highest BCUT2D eigenvalue weighted by Crippen LogP contribution is 2.34. The quantitative estimate of drug-likeness (QED) is 0.249. The minimum Gasteiger partial charge on any atom is -0.750 e. The van der Waals surface area contributed by atoms with Crippen LogP contribution in [0.1, 0.15) is 26.3 Å². The van der Waals surface area contributed by atoms with Gasteiger partial charge in [0.1, 0.15) is 5.60 Å². The number of fused-ring (bicyclic) bond motifs is 3. The fraction of sp³-hybridized carbons (Fsp3) is 0.320. The second-order valence-electron chi connectivity index (χ2n) is 10.0. The van der Waals surface area contributed by atoms with Crippen LogP contribution in [0.25, 0.3) is 32.9 Å². The molecule has 0 aliphatic heterocycles. The molecule has 0 saturated carbocycles. The Labute approximate surface area is 206 Å². The van der Waals surface area contributed by atoms with Crippen molar-refractivity contribution in [3.8, 4) is 11.1 Å². The van der Waals surface area contributed by atoms with E-state index in [9.17, 15) is 4.79 Å². The number of aromatic nitrogens is 3. The number of hydrogen-bond acceptors (Lipinski definition) is 7. The van der Waals surface area contributed by atoms with E-state index in [4.69, 9.17) is 17.7 Å². The number of quaternary nitrogens is 1. The Bertz CT molecular complexity index is 1470. The highest BCUT2D eigenvalue weighted by atomic mass is 32.2. The lowest BCUT2D eigenvalue weighted by atomic mass is 10.0. The fourth-order valence-corrected chi connectivity index (χ4v) is 3.75. The van der Waals surface area contributed by atoms with Crippen LogP contribution in [0, 0.1) is 6.92 Å². The SMILES string of the molecule is Cc1cc([N+](C)(C)C)ncc1-c1ccc2c3cnccc3n(C(=O)OC(C)(C)C)c2c1.O=[SH](=O)[O-]. The van der Waals surface area contributed by atoms with Gasteiger partial charge in [-0.1, -0.05) is 12.1 Å². The number of rotatable bonds is 2. The Hall–Kier alpha value is -3.34. The van der Waals surface area contributed by atoms with Crippen LogP contribution in [0.2, 0.25) is 0 Å². The molecule has 0 N–H and O–H groups in total. The van der Waals surface area contributed by atoms with Crippen LogP contribution < -0.4 is 4.48 Å². The molecule has 0 atom stereocenters. The van der Waals surface area contributed by atoms with Gasteiger partial charge in [0.25, 0.3) is 0 Å². The summed E-state index contributed by atoms with van der Waals surface area (Å²) in [7, 11) is 2.92. The predicted molar refractivity (Wildman–Crippen MR) is 137 cm³/mol. The standard InChI is InChI=1S/C25H29N4O2.H2O3S/c1-16-12-23(29(5,6)7)27-15-19(16)17-8-9-18-20-14-26-11-10-21(20)28(22(18)13-17)24(30)31-25(2,3)4;1-4(2)3/h8-15H,1-7H3;4H,(H,1,2,3)/q+1;/p-1. The number of hydrogen-bond donors (Lipinski definition) is 1. The molecule has 0 radical (unpaired) electrons. The van der Waals surface area contributed by atoms with E-state index < -0.39 is 22.7 Å². The molecule has 10 heteroatoms. The third-order valence-corrected chi connectivity index (χ3v) is 5.24. The molecule has 0 amide bonds. The number of carbonyl (C=O) groups is 1. The van der Waals surface area contributed by atoms with Crippen molar-refractivity contribution in [2.45, 2.75) is 33.3 Å². The molecule has 0 aliphatic rings. The third kappa shape index (κ3) is 6.02. The summed E-state index contributed by atoms with van der Waals surface area (Å²) < 4.78 is 33.5. The maximum absolute atomic E-state index is 13.1. The van der Waals surface area contributed by atoms with E-state index >= 15 is 0 Å². The van der Waals surface area contributed by atoms with Crippen LogP contribution in [0.3, 0.4) is 0 Å². The van der Waals surface area contributed by atoms with Crippen molar-refractivity contribution in [3.63, 3.8) is 0 Å². The number of thiol groups is 1. The van der Waals surface area contributed by atoms with Crippen molar-refractivity contribution in [3.05, 3.63) is 54.5 Å². The van der Waals surface area contributed by atoms with Crippen LogP contribution in [-0.4, -0.2) is 60.3 Å². The Morgan fingerprint density at radius 2 is 1.69 bits per heavy atom. The lowest BCUT2D eigenvalue weighted by Gasteiger charge is -2.22. The molecular formula is C25H30N4O5S. The van der Waals surface area contributed by atoms with E-state index in [-0.39, 0.29) is 0 Å². The molecule has 3 aromatic heterocycles. The molecule has 35 heavy (non-hydrogen) atoms. The molecule has 0 aliphatic carbocycles. The number of benzene rings is 1. The van der Waals surface area contributed by atoms with Gasteiger partial charge >= 0.3 is 6.09 Å². The zero-order chi connectivity index (χ0) is 26.1. The summed E-state index contributed by atoms with van der Waals surface area (Å²) in [5.74, 6) is 0.997. The van der Waals surface area contributed by atoms with Gasteiger partial charge in [-0.15, -0.1) is 0 Å². The molecule has 0 bridgehead atoms. The van der Waals surface area contributed by atoms with E-state index in [2.05, 4.69) is 50.2 Å². The van der Waals surface area contributed by atoms with Gasteiger partial charge in [-0.25, -0.2) is 22.8 Å². The zero-order valence-corrected chi connectivity index (χ0v) is 21.8. The molecule has 1 aromatic carbocycles. The van der Waals surface area contributed by atoms with Crippen molar-refractivity contribution in [2.75, 3.05) is 21.1 Å². The molecule has 186 valence electrons. The average molecular weight is 499 g/mol. The van der Waals surface area contributed by atoms with Crippen molar-refractivity contribution < 1.29 is 22.5 Å². The van der Waals surface area contributed by atoms with E-state index in [0.717, 1.165) is 44.3 Å². The summed E-state index contributed by atoms with van der Waals surface area (Å²) in [6.45, 7) is 7.70. The molecule has 9 nitrogen and oxygen atoms in total. The third-order valence-electron chi connectivity index (χ3n) is 5.24. The zero-order valence-electron chi connectivity index (χ0n) is 20.9. The molecule has 0 saturated heterocycles. The average Bonchev–Trinajstić information content (AvgIpc) is 3.05. The van der Waals surface area contributed by atoms with Crippen LogP contribution >= 0.6 is 0 Å². The van der Waals surface area contributed by atoms with Gasteiger partial charge in [0.05, 0.1) is 43.2 Å². The minimum atomic E-state index is -3.37. The smallest absolute Gasteiger partial charge is 0.419 e. The first-order valence-electron chi connectivity index (χ1n) is 10.9. The van der Waals surface area contributed by atoms with Crippen LogP contribution in [0.15, 0.2) is 48.9 Å². The van der Waals surface area contributed by atoms with Gasteiger partial charge in [-0.3, -0.25) is 9.47 Å². The second kappa shape index (κ2) is 9.73. The normalized spacial score (nSPS) is 12.0. The van der Waals surface area contributed by atoms with Crippen molar-refractivity contribution in [2.24, 2.45) is 0 Å². The maximum atomic E-state index is 13.1. The number of pyridine rings is 2. The van der Waals surface area contributed by atoms with E-state index in [1.165, 1.54) is 0 Å². The molecule has 4 rings (SSSR count). The van der Waals surface area contributed by atoms with Gasteiger partial charge in [-0.05, 0) is 51.0 Å². The second-order valence-corrected chi connectivity index (χ2v) is 10.5. The molecule has 4 aromatic rings. The number of aryl methyl sites for hydroxylation is 1. The van der Waals surface area contributed by atoms with Gasteiger partial charge in [0.15, 0.2) is 0 Å². The van der Waals surface area contributed by atoms with Crippen molar-refractivity contribution in [1.82, 2.24) is 19.0 Å². The summed E-state index contributed by atoms with van der Waals surface area (Å²) in [5, 5.41) is 1.89. The van der Waals surface area contributed by atoms with Crippen molar-refractivity contribution >= 4 is 44.7 Å². The van der Waals surface area contributed by atoms with Crippen molar-refractivity contribution in [1.29, 1.82) is 0 Å². The first-order valence-corrected chi connectivity index (χ1v) is 12.0. The topological polar surface area (TPSA) is 114 Å². The number of carbonyl (C=O) groups excluding carboxylic acids is 1. The van der Waals surface area contributed by atoms with E-state index in [0.29, 0.717) is 4.48 Å². The highest BCUT2D eigenvalue weighted by molar-refractivity contribution is 7.66. The molecule has 0 spiro atoms. The number of nitrogens with zero attached hydrogens (tertiary/aromatic N) is 4. The molecule has 3 heterocycles. The summed E-state index contributed by atoms with van der Waals surface area (Å²) in [6.07, 6.45) is 5.00. The van der Waals surface area contributed by atoms with Crippen LogP contribution in [0.5, 0.6) is 0 Å².